The van der Waals surface area contributed by atoms with Crippen molar-refractivity contribution in [3.63, 3.8) is 0 Å². The van der Waals surface area contributed by atoms with Gasteiger partial charge >= 0.3 is 0 Å². The molecule has 0 aliphatic carbocycles. The number of morpholine rings is 1. The Balaban J connectivity index is 2.15. The van der Waals surface area contributed by atoms with Crippen LogP contribution in [0.3, 0.4) is 0 Å². The van der Waals surface area contributed by atoms with Gasteiger partial charge in [-0.2, -0.15) is 0 Å². The molecular weight excluding hydrogens is 264 g/mol. The third-order valence-corrected chi connectivity index (χ3v) is 4.48. The number of likely N-dealkylation sites (N-methyl/N-ethyl adjacent to an activating group) is 1. The number of nitrogen functional groups attached to an aromatic ring is 1. The second-order valence-corrected chi connectivity index (χ2v) is 6.12. The zero-order chi connectivity index (χ0) is 15.3. The van der Waals surface area contributed by atoms with Crippen molar-refractivity contribution >= 4 is 5.82 Å². The number of pyridine rings is 1. The standard InChI is InChI=1S/C16H28N4O/c1-4-18-14(12-13-6-5-7-19-15(13)17)16(2,3)20-8-10-21-11-9-20/h5-7,14,18H,4,8-12H2,1-3H3,(H2,17,19). The number of rotatable bonds is 6. The number of nitrogens with zero attached hydrogens (tertiary/aromatic N) is 2. The molecular formula is C16H28N4O. The van der Waals surface area contributed by atoms with Gasteiger partial charge in [-0.05, 0) is 38.4 Å². The summed E-state index contributed by atoms with van der Waals surface area (Å²) in [4.78, 5) is 6.71. The van der Waals surface area contributed by atoms with E-state index in [0.29, 0.717) is 11.9 Å². The molecule has 1 aliphatic rings. The third-order valence-electron chi connectivity index (χ3n) is 4.48. The molecule has 0 spiro atoms. The van der Waals surface area contributed by atoms with Gasteiger partial charge in [0.25, 0.3) is 0 Å². The maximum absolute atomic E-state index is 6.01. The van der Waals surface area contributed by atoms with Crippen LogP contribution < -0.4 is 11.1 Å². The van der Waals surface area contributed by atoms with Crippen LogP contribution in [0, 0.1) is 0 Å². The minimum absolute atomic E-state index is 0.0437. The summed E-state index contributed by atoms with van der Waals surface area (Å²) in [6.45, 7) is 11.3. The molecule has 1 aliphatic heterocycles. The Hall–Kier alpha value is -1.17. The van der Waals surface area contributed by atoms with Crippen molar-refractivity contribution in [1.82, 2.24) is 15.2 Å². The lowest BCUT2D eigenvalue weighted by molar-refractivity contribution is -0.0230. The first-order chi connectivity index (χ1) is 10.1. The fourth-order valence-electron chi connectivity index (χ4n) is 3.02. The maximum atomic E-state index is 6.01. The molecule has 1 aromatic rings. The van der Waals surface area contributed by atoms with Gasteiger partial charge in [0.1, 0.15) is 5.82 Å². The topological polar surface area (TPSA) is 63.4 Å². The highest BCUT2D eigenvalue weighted by Crippen LogP contribution is 2.24. The van der Waals surface area contributed by atoms with Gasteiger partial charge in [0, 0.05) is 30.9 Å². The lowest BCUT2D eigenvalue weighted by Gasteiger charge is -2.46. The summed E-state index contributed by atoms with van der Waals surface area (Å²) in [6.07, 6.45) is 2.63. The van der Waals surface area contributed by atoms with E-state index in [9.17, 15) is 0 Å². The second kappa shape index (κ2) is 7.20. The van der Waals surface area contributed by atoms with Crippen molar-refractivity contribution in [3.05, 3.63) is 23.9 Å². The molecule has 2 heterocycles. The maximum Gasteiger partial charge on any atom is 0.126 e. The first-order valence-electron chi connectivity index (χ1n) is 7.81. The summed E-state index contributed by atoms with van der Waals surface area (Å²) < 4.78 is 5.48. The van der Waals surface area contributed by atoms with E-state index < -0.39 is 0 Å². The Kier molecular flexibility index (Phi) is 5.56. The Morgan fingerprint density at radius 1 is 1.43 bits per heavy atom. The Morgan fingerprint density at radius 2 is 2.14 bits per heavy atom. The number of nitrogens with two attached hydrogens (primary N) is 1. The van der Waals surface area contributed by atoms with Crippen molar-refractivity contribution in [3.8, 4) is 0 Å². The number of hydrogen-bond donors (Lipinski definition) is 2. The lowest BCUT2D eigenvalue weighted by atomic mass is 9.87. The van der Waals surface area contributed by atoms with E-state index in [1.807, 2.05) is 6.07 Å². The lowest BCUT2D eigenvalue weighted by Crippen LogP contribution is -2.61. The summed E-state index contributed by atoms with van der Waals surface area (Å²) in [7, 11) is 0. The molecule has 1 saturated heterocycles. The first-order valence-corrected chi connectivity index (χ1v) is 7.81. The molecule has 0 bridgehead atoms. The fraction of sp³-hybridized carbons (Fsp3) is 0.688. The number of aromatic nitrogens is 1. The molecule has 1 aromatic heterocycles. The summed E-state index contributed by atoms with van der Waals surface area (Å²) in [5.74, 6) is 0.637. The average molecular weight is 292 g/mol. The zero-order valence-corrected chi connectivity index (χ0v) is 13.4. The van der Waals surface area contributed by atoms with Crippen LogP contribution in [0.1, 0.15) is 26.3 Å². The van der Waals surface area contributed by atoms with Gasteiger partial charge in [-0.1, -0.05) is 13.0 Å². The average Bonchev–Trinajstić information content (AvgIpc) is 2.50. The van der Waals surface area contributed by atoms with Crippen LogP contribution in [0.2, 0.25) is 0 Å². The van der Waals surface area contributed by atoms with Gasteiger partial charge in [0.05, 0.1) is 13.2 Å². The van der Waals surface area contributed by atoms with Crippen LogP contribution in [0.15, 0.2) is 18.3 Å². The first kappa shape index (κ1) is 16.2. The SMILES string of the molecule is CCNC(Cc1cccnc1N)C(C)(C)N1CCOCC1. The minimum atomic E-state index is 0.0437. The quantitative estimate of drug-likeness (QED) is 0.827. The van der Waals surface area contributed by atoms with Crippen LogP contribution in [-0.2, 0) is 11.2 Å². The minimum Gasteiger partial charge on any atom is -0.383 e. The van der Waals surface area contributed by atoms with E-state index in [4.69, 9.17) is 10.5 Å². The summed E-state index contributed by atoms with van der Waals surface area (Å²) >= 11 is 0. The van der Waals surface area contributed by atoms with Crippen LogP contribution in [-0.4, -0.2) is 54.3 Å². The molecule has 118 valence electrons. The van der Waals surface area contributed by atoms with Crippen molar-refractivity contribution < 1.29 is 4.74 Å². The van der Waals surface area contributed by atoms with Gasteiger partial charge in [0.2, 0.25) is 0 Å². The van der Waals surface area contributed by atoms with Crippen LogP contribution >= 0.6 is 0 Å². The molecule has 5 heteroatoms. The van der Waals surface area contributed by atoms with Gasteiger partial charge < -0.3 is 15.8 Å². The molecule has 5 nitrogen and oxygen atoms in total. The molecule has 1 unspecified atom stereocenters. The Labute approximate surface area is 127 Å². The highest BCUT2D eigenvalue weighted by Gasteiger charge is 2.36. The van der Waals surface area contributed by atoms with Gasteiger partial charge in [-0.25, -0.2) is 4.98 Å². The van der Waals surface area contributed by atoms with E-state index in [0.717, 1.165) is 44.8 Å². The van der Waals surface area contributed by atoms with Crippen LogP contribution in [0.25, 0.3) is 0 Å². The molecule has 1 atom stereocenters. The van der Waals surface area contributed by atoms with E-state index in [-0.39, 0.29) is 5.54 Å². The van der Waals surface area contributed by atoms with Crippen molar-refractivity contribution in [2.45, 2.75) is 38.8 Å². The number of nitrogens with one attached hydrogen (secondary N) is 1. The largest absolute Gasteiger partial charge is 0.383 e. The molecule has 0 aromatic carbocycles. The monoisotopic (exact) mass is 292 g/mol. The van der Waals surface area contributed by atoms with Crippen LogP contribution in [0.5, 0.6) is 0 Å². The highest BCUT2D eigenvalue weighted by molar-refractivity contribution is 5.39. The van der Waals surface area contributed by atoms with E-state index in [1.165, 1.54) is 0 Å². The van der Waals surface area contributed by atoms with E-state index >= 15 is 0 Å². The number of anilines is 1. The summed E-state index contributed by atoms with van der Waals surface area (Å²) in [5.41, 5.74) is 7.17. The summed E-state index contributed by atoms with van der Waals surface area (Å²) in [5, 5.41) is 3.63. The molecule has 2 rings (SSSR count). The van der Waals surface area contributed by atoms with Crippen molar-refractivity contribution in [2.24, 2.45) is 0 Å². The van der Waals surface area contributed by atoms with E-state index in [1.54, 1.807) is 6.20 Å². The molecule has 1 fully saturated rings. The number of ether oxygens (including phenoxy) is 1. The normalized spacial score (nSPS) is 18.6. The Morgan fingerprint density at radius 3 is 2.76 bits per heavy atom. The van der Waals surface area contributed by atoms with Crippen molar-refractivity contribution in [1.29, 1.82) is 0 Å². The predicted octanol–water partition coefficient (Wildman–Crippen LogP) is 1.30. The van der Waals surface area contributed by atoms with Gasteiger partial charge in [0.15, 0.2) is 0 Å². The molecule has 0 radical (unpaired) electrons. The van der Waals surface area contributed by atoms with Crippen molar-refractivity contribution in [2.75, 3.05) is 38.6 Å². The highest BCUT2D eigenvalue weighted by atomic mass is 16.5. The second-order valence-electron chi connectivity index (χ2n) is 6.12. The molecule has 21 heavy (non-hydrogen) atoms. The van der Waals surface area contributed by atoms with Gasteiger partial charge in [-0.3, -0.25) is 4.90 Å². The zero-order valence-electron chi connectivity index (χ0n) is 13.4. The predicted molar refractivity (Wildman–Crippen MR) is 86.3 cm³/mol. The van der Waals surface area contributed by atoms with Gasteiger partial charge in [-0.15, -0.1) is 0 Å². The smallest absolute Gasteiger partial charge is 0.126 e. The van der Waals surface area contributed by atoms with Crippen LogP contribution in [0.4, 0.5) is 5.82 Å². The summed E-state index contributed by atoms with van der Waals surface area (Å²) in [6, 6.07) is 4.35. The fourth-order valence-corrected chi connectivity index (χ4v) is 3.02. The van der Waals surface area contributed by atoms with E-state index in [2.05, 4.69) is 42.0 Å². The molecule has 0 saturated carbocycles. The number of hydrogen-bond acceptors (Lipinski definition) is 5. The molecule has 3 N–H and O–H groups in total. The molecule has 0 amide bonds. The Bertz CT molecular complexity index is 444. The third kappa shape index (κ3) is 3.93.